The maximum Gasteiger partial charge on any atom is 0.326 e. The standard InChI is InChI=1S/C17H27NO3/c1-6-21-15(19)17(4,13-16(2,3)20-5)18-12-14-10-8-7-9-11-14/h7-11,18H,6,12-13H2,1-5H3. The third-order valence-corrected chi connectivity index (χ3v) is 3.58. The van der Waals surface area contributed by atoms with Crippen LogP contribution >= 0.6 is 0 Å². The van der Waals surface area contributed by atoms with Crippen molar-refractivity contribution in [1.82, 2.24) is 5.32 Å². The molecule has 0 aliphatic heterocycles. The monoisotopic (exact) mass is 293 g/mol. The Labute approximate surface area is 127 Å². The summed E-state index contributed by atoms with van der Waals surface area (Å²) in [5, 5.41) is 3.33. The van der Waals surface area contributed by atoms with E-state index in [0.717, 1.165) is 5.56 Å². The van der Waals surface area contributed by atoms with Gasteiger partial charge >= 0.3 is 5.97 Å². The van der Waals surface area contributed by atoms with Gasteiger partial charge in [0, 0.05) is 20.1 Å². The van der Waals surface area contributed by atoms with Crippen LogP contribution in [0.4, 0.5) is 0 Å². The fourth-order valence-corrected chi connectivity index (χ4v) is 2.31. The lowest BCUT2D eigenvalue weighted by Gasteiger charge is -2.35. The molecule has 0 bridgehead atoms. The summed E-state index contributed by atoms with van der Waals surface area (Å²) in [4.78, 5) is 12.3. The molecule has 1 N–H and O–H groups in total. The number of methoxy groups -OCH3 is 1. The third-order valence-electron chi connectivity index (χ3n) is 3.58. The molecule has 0 aromatic heterocycles. The van der Waals surface area contributed by atoms with Crippen molar-refractivity contribution >= 4 is 5.97 Å². The van der Waals surface area contributed by atoms with E-state index in [1.807, 2.05) is 58.0 Å². The molecule has 1 aromatic carbocycles. The van der Waals surface area contributed by atoms with Gasteiger partial charge in [0.1, 0.15) is 5.54 Å². The Morgan fingerprint density at radius 1 is 1.19 bits per heavy atom. The Balaban J connectivity index is 2.83. The first-order valence-electron chi connectivity index (χ1n) is 7.34. The van der Waals surface area contributed by atoms with Gasteiger partial charge in [-0.25, -0.2) is 0 Å². The molecule has 0 heterocycles. The predicted octanol–water partition coefficient (Wildman–Crippen LogP) is 2.91. The first-order valence-corrected chi connectivity index (χ1v) is 7.34. The minimum atomic E-state index is -0.786. The molecule has 0 spiro atoms. The number of hydrogen-bond acceptors (Lipinski definition) is 4. The van der Waals surface area contributed by atoms with Gasteiger partial charge in [-0.2, -0.15) is 0 Å². The Kier molecular flexibility index (Phi) is 6.37. The van der Waals surface area contributed by atoms with E-state index in [1.165, 1.54) is 0 Å². The average Bonchev–Trinajstić information content (AvgIpc) is 2.46. The summed E-state index contributed by atoms with van der Waals surface area (Å²) >= 11 is 0. The third kappa shape index (κ3) is 5.48. The van der Waals surface area contributed by atoms with Crippen LogP contribution in [-0.2, 0) is 20.8 Å². The SMILES string of the molecule is CCOC(=O)C(C)(CC(C)(C)OC)NCc1ccccc1. The molecule has 4 heteroatoms. The van der Waals surface area contributed by atoms with Crippen molar-refractivity contribution in [3.05, 3.63) is 35.9 Å². The minimum Gasteiger partial charge on any atom is -0.465 e. The van der Waals surface area contributed by atoms with E-state index in [4.69, 9.17) is 9.47 Å². The highest BCUT2D eigenvalue weighted by atomic mass is 16.5. The van der Waals surface area contributed by atoms with Crippen LogP contribution in [-0.4, -0.2) is 30.8 Å². The van der Waals surface area contributed by atoms with E-state index in [-0.39, 0.29) is 5.97 Å². The number of carbonyl (C=O) groups excluding carboxylic acids is 1. The lowest BCUT2D eigenvalue weighted by Crippen LogP contribution is -2.54. The Morgan fingerprint density at radius 3 is 2.33 bits per heavy atom. The highest BCUT2D eigenvalue weighted by molar-refractivity contribution is 5.80. The number of hydrogen-bond donors (Lipinski definition) is 1. The zero-order valence-corrected chi connectivity index (χ0v) is 13.7. The zero-order chi connectivity index (χ0) is 15.9. The predicted molar refractivity (Wildman–Crippen MR) is 84.0 cm³/mol. The summed E-state index contributed by atoms with van der Waals surface area (Å²) in [7, 11) is 1.66. The van der Waals surface area contributed by atoms with Crippen LogP contribution in [0.1, 0.15) is 39.7 Å². The van der Waals surface area contributed by atoms with E-state index >= 15 is 0 Å². The summed E-state index contributed by atoms with van der Waals surface area (Å²) in [6.45, 7) is 8.60. The molecule has 1 atom stereocenters. The molecule has 0 saturated heterocycles. The van der Waals surface area contributed by atoms with Crippen molar-refractivity contribution in [3.63, 3.8) is 0 Å². The fourth-order valence-electron chi connectivity index (χ4n) is 2.31. The van der Waals surface area contributed by atoms with Gasteiger partial charge in [-0.15, -0.1) is 0 Å². The number of ether oxygens (including phenoxy) is 2. The van der Waals surface area contributed by atoms with Crippen LogP contribution in [0.25, 0.3) is 0 Å². The maximum atomic E-state index is 12.3. The van der Waals surface area contributed by atoms with Crippen molar-refractivity contribution in [2.75, 3.05) is 13.7 Å². The van der Waals surface area contributed by atoms with E-state index in [0.29, 0.717) is 19.6 Å². The second-order valence-electron chi connectivity index (χ2n) is 6.03. The quantitative estimate of drug-likeness (QED) is 0.749. The van der Waals surface area contributed by atoms with Gasteiger partial charge in [0.2, 0.25) is 0 Å². The van der Waals surface area contributed by atoms with E-state index in [2.05, 4.69) is 5.32 Å². The molecular weight excluding hydrogens is 266 g/mol. The van der Waals surface area contributed by atoms with Crippen molar-refractivity contribution in [1.29, 1.82) is 0 Å². The molecule has 0 saturated carbocycles. The topological polar surface area (TPSA) is 47.6 Å². The zero-order valence-electron chi connectivity index (χ0n) is 13.7. The lowest BCUT2D eigenvalue weighted by molar-refractivity contribution is -0.153. The number of benzene rings is 1. The number of rotatable bonds is 8. The molecule has 1 aromatic rings. The van der Waals surface area contributed by atoms with Gasteiger partial charge in [0.15, 0.2) is 0 Å². The molecule has 118 valence electrons. The normalized spacial score (nSPS) is 14.5. The first kappa shape index (κ1) is 17.7. The molecule has 21 heavy (non-hydrogen) atoms. The van der Waals surface area contributed by atoms with Crippen LogP contribution in [0.2, 0.25) is 0 Å². The Hall–Kier alpha value is -1.39. The highest BCUT2D eigenvalue weighted by Crippen LogP contribution is 2.25. The smallest absolute Gasteiger partial charge is 0.326 e. The Bertz CT molecular complexity index is 445. The first-order chi connectivity index (χ1) is 9.83. The molecule has 0 amide bonds. The van der Waals surface area contributed by atoms with Crippen molar-refractivity contribution in [2.45, 2.75) is 51.8 Å². The molecule has 1 rings (SSSR count). The number of esters is 1. The molecule has 0 radical (unpaired) electrons. The molecule has 4 nitrogen and oxygen atoms in total. The highest BCUT2D eigenvalue weighted by Gasteiger charge is 2.39. The summed E-state index contributed by atoms with van der Waals surface area (Å²) in [5.41, 5.74) is -0.0699. The van der Waals surface area contributed by atoms with Crippen molar-refractivity contribution in [3.8, 4) is 0 Å². The lowest BCUT2D eigenvalue weighted by atomic mass is 9.87. The fraction of sp³-hybridized carbons (Fsp3) is 0.588. The van der Waals surface area contributed by atoms with Gasteiger partial charge < -0.3 is 9.47 Å². The molecule has 0 aliphatic rings. The summed E-state index contributed by atoms with van der Waals surface area (Å²) in [5.74, 6) is -0.244. The second-order valence-corrected chi connectivity index (χ2v) is 6.03. The number of nitrogens with one attached hydrogen (secondary N) is 1. The molecule has 0 fully saturated rings. The van der Waals surface area contributed by atoms with Crippen LogP contribution < -0.4 is 5.32 Å². The molecular formula is C17H27NO3. The minimum absolute atomic E-state index is 0.244. The number of carbonyl (C=O) groups is 1. The van der Waals surface area contributed by atoms with Gasteiger partial charge in [0.25, 0.3) is 0 Å². The average molecular weight is 293 g/mol. The molecule has 0 aliphatic carbocycles. The van der Waals surface area contributed by atoms with Crippen LogP contribution in [0, 0.1) is 0 Å². The van der Waals surface area contributed by atoms with Crippen molar-refractivity contribution < 1.29 is 14.3 Å². The Morgan fingerprint density at radius 2 is 1.81 bits per heavy atom. The summed E-state index contributed by atoms with van der Waals surface area (Å²) < 4.78 is 10.7. The van der Waals surface area contributed by atoms with Gasteiger partial charge in [-0.3, -0.25) is 10.1 Å². The van der Waals surface area contributed by atoms with Gasteiger partial charge in [-0.1, -0.05) is 30.3 Å². The van der Waals surface area contributed by atoms with Crippen LogP contribution in [0.15, 0.2) is 30.3 Å². The maximum absolute atomic E-state index is 12.3. The van der Waals surface area contributed by atoms with E-state index < -0.39 is 11.1 Å². The van der Waals surface area contributed by atoms with E-state index in [9.17, 15) is 4.79 Å². The summed E-state index contributed by atoms with van der Waals surface area (Å²) in [6.07, 6.45) is 0.530. The van der Waals surface area contributed by atoms with E-state index in [1.54, 1.807) is 7.11 Å². The summed E-state index contributed by atoms with van der Waals surface area (Å²) in [6, 6.07) is 10.00. The van der Waals surface area contributed by atoms with Crippen LogP contribution in [0.5, 0.6) is 0 Å². The largest absolute Gasteiger partial charge is 0.465 e. The molecule has 1 unspecified atom stereocenters. The van der Waals surface area contributed by atoms with Gasteiger partial charge in [-0.05, 0) is 33.3 Å². The van der Waals surface area contributed by atoms with Gasteiger partial charge in [0.05, 0.1) is 12.2 Å². The van der Waals surface area contributed by atoms with Crippen molar-refractivity contribution in [2.24, 2.45) is 0 Å². The van der Waals surface area contributed by atoms with Crippen LogP contribution in [0.3, 0.4) is 0 Å². The second kappa shape index (κ2) is 7.57.